The summed E-state index contributed by atoms with van der Waals surface area (Å²) in [6, 6.07) is 25.1. The van der Waals surface area contributed by atoms with E-state index in [2.05, 4.69) is 16.4 Å². The number of benzene rings is 3. The Bertz CT molecular complexity index is 1250. The van der Waals surface area contributed by atoms with Crippen LogP contribution in [0, 0.1) is 6.92 Å². The Morgan fingerprint density at radius 1 is 1.06 bits per heavy atom. The van der Waals surface area contributed by atoms with Crippen molar-refractivity contribution in [3.8, 4) is 0 Å². The number of rotatable bonds is 9. The third-order valence-electron chi connectivity index (χ3n) is 5.86. The van der Waals surface area contributed by atoms with E-state index in [0.717, 1.165) is 33.2 Å². The summed E-state index contributed by atoms with van der Waals surface area (Å²) >= 11 is 0. The Morgan fingerprint density at radius 3 is 2.48 bits per heavy atom. The number of nitrogens with two attached hydrogens (primary N) is 1. The van der Waals surface area contributed by atoms with E-state index in [4.69, 9.17) is 10.5 Å². The number of carbonyl (C=O) groups is 2. The van der Waals surface area contributed by atoms with E-state index < -0.39 is 11.8 Å². The second-order valence-electron chi connectivity index (χ2n) is 8.21. The lowest BCUT2D eigenvalue weighted by molar-refractivity contribution is -0.128. The lowest BCUT2D eigenvalue weighted by Crippen LogP contribution is -2.55. The molecule has 168 valence electrons. The molecule has 2 atom stereocenters. The summed E-state index contributed by atoms with van der Waals surface area (Å²) < 4.78 is 5.44. The summed E-state index contributed by atoms with van der Waals surface area (Å²) in [6.07, 6.45) is 2.32. The molecule has 1 unspecified atom stereocenters. The minimum Gasteiger partial charge on any atom is -0.420 e. The first-order chi connectivity index (χ1) is 16.0. The number of aryl methyl sites for hydroxylation is 1. The molecule has 4 N–H and O–H groups in total. The first-order valence-electron chi connectivity index (χ1n) is 10.9. The fourth-order valence-electron chi connectivity index (χ4n) is 4.33. The number of primary amides is 1. The van der Waals surface area contributed by atoms with Gasteiger partial charge in [0.25, 0.3) is 0 Å². The molecular formula is C27H27N3O3. The van der Waals surface area contributed by atoms with Gasteiger partial charge in [-0.1, -0.05) is 72.8 Å². The zero-order valence-electron chi connectivity index (χ0n) is 18.5. The molecule has 0 aliphatic carbocycles. The Morgan fingerprint density at radius 2 is 1.76 bits per heavy atom. The molecule has 6 heteroatoms. The maximum absolute atomic E-state index is 12.4. The number of carbonyl (C=O) groups excluding carboxylic acids is 2. The third kappa shape index (κ3) is 5.13. The van der Waals surface area contributed by atoms with Gasteiger partial charge in [0.2, 0.25) is 5.72 Å². The molecule has 0 bridgehead atoms. The van der Waals surface area contributed by atoms with Gasteiger partial charge in [0, 0.05) is 29.6 Å². The highest BCUT2D eigenvalue weighted by atomic mass is 16.6. The summed E-state index contributed by atoms with van der Waals surface area (Å²) in [4.78, 5) is 27.6. The van der Waals surface area contributed by atoms with Crippen molar-refractivity contribution in [1.82, 2.24) is 10.3 Å². The molecule has 3 aromatic carbocycles. The van der Waals surface area contributed by atoms with Crippen molar-refractivity contribution in [1.29, 1.82) is 0 Å². The van der Waals surface area contributed by atoms with Gasteiger partial charge in [0.05, 0.1) is 0 Å². The van der Waals surface area contributed by atoms with Crippen molar-refractivity contribution in [2.75, 3.05) is 0 Å². The minimum atomic E-state index is -1.62. The molecule has 33 heavy (non-hydrogen) atoms. The molecule has 1 amide bonds. The van der Waals surface area contributed by atoms with Crippen LogP contribution in [-0.2, 0) is 22.4 Å². The summed E-state index contributed by atoms with van der Waals surface area (Å²) in [5, 5.41) is 4.46. The Balaban J connectivity index is 1.75. The average molecular weight is 442 g/mol. The number of fused-ring (bicyclic) bond motifs is 1. The summed E-state index contributed by atoms with van der Waals surface area (Å²) in [5.74, 6) is 0. The molecule has 0 fully saturated rings. The summed E-state index contributed by atoms with van der Waals surface area (Å²) in [7, 11) is 0. The highest BCUT2D eigenvalue weighted by Crippen LogP contribution is 2.29. The van der Waals surface area contributed by atoms with Crippen LogP contribution < -0.4 is 11.1 Å². The monoisotopic (exact) mass is 441 g/mol. The van der Waals surface area contributed by atoms with Gasteiger partial charge in [-0.3, -0.25) is 10.1 Å². The van der Waals surface area contributed by atoms with Crippen LogP contribution in [0.5, 0.6) is 0 Å². The van der Waals surface area contributed by atoms with E-state index in [-0.39, 0.29) is 12.5 Å². The Hall–Kier alpha value is -3.90. The highest BCUT2D eigenvalue weighted by molar-refractivity contribution is 5.83. The van der Waals surface area contributed by atoms with Crippen molar-refractivity contribution < 1.29 is 14.3 Å². The van der Waals surface area contributed by atoms with Gasteiger partial charge in [-0.2, -0.15) is 0 Å². The molecular weight excluding hydrogens is 414 g/mol. The molecule has 4 rings (SSSR count). The van der Waals surface area contributed by atoms with E-state index in [9.17, 15) is 9.59 Å². The van der Waals surface area contributed by atoms with Crippen LogP contribution in [0.2, 0.25) is 0 Å². The maximum atomic E-state index is 12.4. The molecule has 0 aliphatic rings. The number of H-pyrrole nitrogens is 1. The predicted octanol–water partition coefficient (Wildman–Crippen LogP) is 4.58. The summed E-state index contributed by atoms with van der Waals surface area (Å²) in [6.45, 7) is 2.02. The highest BCUT2D eigenvalue weighted by Gasteiger charge is 2.37. The van der Waals surface area contributed by atoms with Crippen molar-refractivity contribution in [2.24, 2.45) is 5.73 Å². The molecule has 0 aliphatic heterocycles. The van der Waals surface area contributed by atoms with Crippen LogP contribution in [0.3, 0.4) is 0 Å². The molecule has 6 nitrogen and oxygen atoms in total. The van der Waals surface area contributed by atoms with Crippen LogP contribution in [0.25, 0.3) is 10.9 Å². The normalized spacial score (nSPS) is 13.8. The first-order valence-corrected chi connectivity index (χ1v) is 10.9. The number of ether oxygens (including phenoxy) is 1. The number of amides is 1. The quantitative estimate of drug-likeness (QED) is 0.262. The predicted molar refractivity (Wildman–Crippen MR) is 129 cm³/mol. The van der Waals surface area contributed by atoms with Gasteiger partial charge in [0.1, 0.15) is 0 Å². The number of para-hydroxylation sites is 1. The number of hydrogen-bond donors (Lipinski definition) is 3. The Kier molecular flexibility index (Phi) is 6.56. The van der Waals surface area contributed by atoms with Crippen molar-refractivity contribution in [3.05, 3.63) is 107 Å². The average Bonchev–Trinajstić information content (AvgIpc) is 3.22. The fourth-order valence-corrected chi connectivity index (χ4v) is 4.33. The third-order valence-corrected chi connectivity index (χ3v) is 5.86. The van der Waals surface area contributed by atoms with Gasteiger partial charge in [-0.05, 0) is 41.7 Å². The van der Waals surface area contributed by atoms with Crippen LogP contribution >= 0.6 is 0 Å². The largest absolute Gasteiger partial charge is 0.420 e. The maximum Gasteiger partial charge on any atom is 0.406 e. The SMILES string of the molecule is Cc1ccccc1C(Cc1c[nH]c2ccccc12)N[C@@](C=O)(Cc1ccccc1)OC(N)=O. The van der Waals surface area contributed by atoms with E-state index in [1.165, 1.54) is 0 Å². The lowest BCUT2D eigenvalue weighted by Gasteiger charge is -2.34. The van der Waals surface area contributed by atoms with Crippen LogP contribution in [0.1, 0.15) is 28.3 Å². The topological polar surface area (TPSA) is 97.2 Å². The number of aldehydes is 1. The molecule has 0 spiro atoms. The molecule has 0 saturated carbocycles. The summed E-state index contributed by atoms with van der Waals surface area (Å²) in [5.41, 5.74) is 8.82. The molecule has 1 aromatic heterocycles. The van der Waals surface area contributed by atoms with Crippen LogP contribution in [-0.4, -0.2) is 23.1 Å². The van der Waals surface area contributed by atoms with Crippen molar-refractivity contribution in [2.45, 2.75) is 31.5 Å². The van der Waals surface area contributed by atoms with Gasteiger partial charge in [-0.25, -0.2) is 4.79 Å². The molecule has 0 saturated heterocycles. The van der Waals surface area contributed by atoms with Gasteiger partial charge in [-0.15, -0.1) is 0 Å². The van der Waals surface area contributed by atoms with E-state index in [1.54, 1.807) is 0 Å². The fraction of sp³-hybridized carbons (Fsp3) is 0.185. The second-order valence-corrected chi connectivity index (χ2v) is 8.21. The molecule has 0 radical (unpaired) electrons. The smallest absolute Gasteiger partial charge is 0.406 e. The van der Waals surface area contributed by atoms with E-state index >= 15 is 0 Å². The number of hydrogen-bond acceptors (Lipinski definition) is 4. The standard InChI is InChI=1S/C27H27N3O3/c1-19-9-5-6-12-22(19)25(15-21-17-29-24-14-8-7-13-23(21)24)30-27(18-31,33-26(28)32)16-20-10-3-2-4-11-20/h2-14,17-18,25,29-30H,15-16H2,1H3,(H2,28,32)/t25?,27-/m0/s1. The minimum absolute atomic E-state index is 0.149. The Labute approximate surface area is 192 Å². The van der Waals surface area contributed by atoms with Gasteiger partial charge in [0.15, 0.2) is 6.29 Å². The van der Waals surface area contributed by atoms with Gasteiger partial charge >= 0.3 is 6.09 Å². The zero-order valence-corrected chi connectivity index (χ0v) is 18.5. The van der Waals surface area contributed by atoms with Gasteiger partial charge < -0.3 is 15.5 Å². The van der Waals surface area contributed by atoms with E-state index in [0.29, 0.717) is 12.7 Å². The zero-order chi connectivity index (χ0) is 23.3. The van der Waals surface area contributed by atoms with Crippen molar-refractivity contribution >= 4 is 23.3 Å². The second kappa shape index (κ2) is 9.71. The lowest BCUT2D eigenvalue weighted by atomic mass is 9.93. The number of nitrogens with one attached hydrogen (secondary N) is 2. The van der Waals surface area contributed by atoms with Crippen LogP contribution in [0.15, 0.2) is 85.1 Å². The van der Waals surface area contributed by atoms with Crippen LogP contribution in [0.4, 0.5) is 4.79 Å². The van der Waals surface area contributed by atoms with E-state index in [1.807, 2.05) is 85.9 Å². The number of aromatic nitrogens is 1. The molecule has 1 heterocycles. The first kappa shape index (κ1) is 22.3. The number of aromatic amines is 1. The van der Waals surface area contributed by atoms with Crippen molar-refractivity contribution in [3.63, 3.8) is 0 Å². The molecule has 4 aromatic rings.